The van der Waals surface area contributed by atoms with Crippen LogP contribution in [0, 0.1) is 0 Å². The molecule has 0 spiro atoms. The second-order valence-corrected chi connectivity index (χ2v) is 10.3. The molecule has 264 valence electrons. The third-order valence-electron chi connectivity index (χ3n) is 6.17. The minimum atomic E-state index is -1.86. The van der Waals surface area contributed by atoms with Crippen LogP contribution in [0.1, 0.15) is 55.4 Å². The average Bonchev–Trinajstić information content (AvgIpc) is 2.91. The fraction of sp³-hybridized carbons (Fsp3) is 0.714. The topological polar surface area (TPSA) is 238 Å². The quantitative estimate of drug-likeness (QED) is 0.181. The van der Waals surface area contributed by atoms with E-state index in [1.165, 1.54) is 0 Å². The maximum Gasteiger partial charge on any atom is 0.305 e. The lowest BCUT2D eigenvalue weighted by Gasteiger charge is -2.48. The van der Waals surface area contributed by atoms with Gasteiger partial charge in [0.15, 0.2) is 36.8 Å². The molecule has 0 N–H and O–H groups in total. The van der Waals surface area contributed by atoms with Gasteiger partial charge in [0.25, 0.3) is 0 Å². The Morgan fingerprint density at radius 3 is 1.09 bits per heavy atom. The van der Waals surface area contributed by atoms with Gasteiger partial charge in [-0.15, -0.1) is 0 Å². The molecule has 2 aliphatic rings. The highest BCUT2D eigenvalue weighted by Crippen LogP contribution is 2.35. The zero-order chi connectivity index (χ0) is 35.6. The highest BCUT2D eigenvalue weighted by molar-refractivity contribution is 5.69. The van der Waals surface area contributed by atoms with Crippen molar-refractivity contribution in [2.24, 2.45) is 0 Å². The standard InChI is InChI=1S/C28H38O19/c1-11(29)37-9-19-21(39-13(3)31)23(41-15(5)33)25(42-16(6)34)28(46-19)47-24-22(40-14(4)32)20(10-38-12(2)30)45-27(44-18(8)36)26(24)43-17(7)35/h19-28H,9-10H2,1-8H3/t19-,20-,21-,22+,23+,24+,25+,26+,27+,28-/m1/s1. The molecule has 0 unspecified atom stereocenters. The molecule has 0 aliphatic carbocycles. The summed E-state index contributed by atoms with van der Waals surface area (Å²) in [6, 6.07) is 0. The Hall–Kier alpha value is -4.36. The predicted octanol–water partition coefficient (Wildman–Crippen LogP) is -0.831. The molecule has 19 nitrogen and oxygen atoms in total. The molecule has 19 heteroatoms. The lowest BCUT2D eigenvalue weighted by atomic mass is 9.96. The lowest BCUT2D eigenvalue weighted by molar-refractivity contribution is -0.358. The maximum atomic E-state index is 12.3. The van der Waals surface area contributed by atoms with E-state index in [-0.39, 0.29) is 0 Å². The van der Waals surface area contributed by atoms with Gasteiger partial charge in [-0.1, -0.05) is 0 Å². The maximum absolute atomic E-state index is 12.3. The van der Waals surface area contributed by atoms with Gasteiger partial charge in [-0.2, -0.15) is 0 Å². The summed E-state index contributed by atoms with van der Waals surface area (Å²) in [4.78, 5) is 96.4. The molecule has 0 aromatic carbocycles. The second-order valence-electron chi connectivity index (χ2n) is 10.3. The van der Waals surface area contributed by atoms with Crippen LogP contribution >= 0.6 is 0 Å². The summed E-state index contributed by atoms with van der Waals surface area (Å²) in [6.07, 6.45) is -16.4. The number of carbonyl (C=O) groups excluding carboxylic acids is 8. The van der Waals surface area contributed by atoms with Gasteiger partial charge in [-0.25, -0.2) is 0 Å². The lowest BCUT2D eigenvalue weighted by Crippen LogP contribution is -2.67. The number of rotatable bonds is 12. The fourth-order valence-electron chi connectivity index (χ4n) is 4.73. The van der Waals surface area contributed by atoms with Gasteiger partial charge in [0, 0.05) is 55.4 Å². The van der Waals surface area contributed by atoms with E-state index in [4.69, 9.17) is 52.1 Å². The molecule has 0 saturated carbocycles. The Labute approximate surface area is 268 Å². The number of ether oxygens (including phenoxy) is 11. The monoisotopic (exact) mass is 678 g/mol. The molecular weight excluding hydrogens is 640 g/mol. The summed E-state index contributed by atoms with van der Waals surface area (Å²) in [7, 11) is 0. The Balaban J connectivity index is 2.75. The summed E-state index contributed by atoms with van der Waals surface area (Å²) < 4.78 is 60.2. The van der Waals surface area contributed by atoms with E-state index >= 15 is 0 Å². The van der Waals surface area contributed by atoms with Crippen molar-refractivity contribution in [2.45, 2.75) is 117 Å². The Morgan fingerprint density at radius 1 is 0.383 bits per heavy atom. The van der Waals surface area contributed by atoms with E-state index in [9.17, 15) is 38.4 Å². The van der Waals surface area contributed by atoms with Crippen LogP contribution in [0.3, 0.4) is 0 Å². The second kappa shape index (κ2) is 17.5. The van der Waals surface area contributed by atoms with Crippen LogP contribution in [-0.2, 0) is 90.5 Å². The molecule has 0 aromatic heterocycles. The normalized spacial score (nSPS) is 30.0. The zero-order valence-corrected chi connectivity index (χ0v) is 26.9. The van der Waals surface area contributed by atoms with Crippen molar-refractivity contribution < 1.29 is 90.5 Å². The van der Waals surface area contributed by atoms with Crippen molar-refractivity contribution in [3.63, 3.8) is 0 Å². The molecule has 2 rings (SSSR count). The van der Waals surface area contributed by atoms with Crippen molar-refractivity contribution in [3.8, 4) is 0 Å². The summed E-state index contributed by atoms with van der Waals surface area (Å²) in [5.74, 6) is -7.04. The first kappa shape index (κ1) is 38.8. The van der Waals surface area contributed by atoms with Crippen LogP contribution in [0.5, 0.6) is 0 Å². The van der Waals surface area contributed by atoms with Crippen molar-refractivity contribution in [1.29, 1.82) is 0 Å². The molecular formula is C28H38O19. The summed E-state index contributed by atoms with van der Waals surface area (Å²) in [5, 5.41) is 0. The first-order valence-electron chi connectivity index (χ1n) is 14.2. The molecule has 2 fully saturated rings. The van der Waals surface area contributed by atoms with Crippen LogP contribution in [-0.4, -0.2) is 122 Å². The van der Waals surface area contributed by atoms with Gasteiger partial charge >= 0.3 is 47.8 Å². The Morgan fingerprint density at radius 2 is 0.702 bits per heavy atom. The highest BCUT2D eigenvalue weighted by atomic mass is 16.8. The van der Waals surface area contributed by atoms with Crippen molar-refractivity contribution in [2.75, 3.05) is 13.2 Å². The first-order chi connectivity index (χ1) is 21.9. The largest absolute Gasteiger partial charge is 0.463 e. The van der Waals surface area contributed by atoms with Crippen LogP contribution in [0.25, 0.3) is 0 Å². The molecule has 0 radical (unpaired) electrons. The first-order valence-corrected chi connectivity index (χ1v) is 14.2. The smallest absolute Gasteiger partial charge is 0.305 e. The van der Waals surface area contributed by atoms with Gasteiger partial charge in [0.05, 0.1) is 0 Å². The van der Waals surface area contributed by atoms with E-state index in [0.717, 1.165) is 55.4 Å². The van der Waals surface area contributed by atoms with Crippen molar-refractivity contribution in [3.05, 3.63) is 0 Å². The van der Waals surface area contributed by atoms with Crippen LogP contribution in [0.15, 0.2) is 0 Å². The van der Waals surface area contributed by atoms with Crippen molar-refractivity contribution in [1.82, 2.24) is 0 Å². The number of carbonyl (C=O) groups is 8. The van der Waals surface area contributed by atoms with Crippen LogP contribution in [0.2, 0.25) is 0 Å². The molecule has 10 atom stereocenters. The van der Waals surface area contributed by atoms with Gasteiger partial charge < -0.3 is 52.1 Å². The number of hydrogen-bond acceptors (Lipinski definition) is 19. The number of esters is 8. The average molecular weight is 679 g/mol. The van der Waals surface area contributed by atoms with Gasteiger partial charge in [0.1, 0.15) is 31.5 Å². The fourth-order valence-corrected chi connectivity index (χ4v) is 4.73. The highest BCUT2D eigenvalue weighted by Gasteiger charge is 2.58. The predicted molar refractivity (Wildman–Crippen MR) is 145 cm³/mol. The molecule has 0 aromatic rings. The Kier molecular flexibility index (Phi) is 14.5. The molecule has 47 heavy (non-hydrogen) atoms. The third-order valence-corrected chi connectivity index (χ3v) is 6.17. The minimum Gasteiger partial charge on any atom is -0.463 e. The molecule has 2 aliphatic heterocycles. The molecule has 2 saturated heterocycles. The third kappa shape index (κ3) is 12.1. The summed E-state index contributed by atoms with van der Waals surface area (Å²) >= 11 is 0. The van der Waals surface area contributed by atoms with Crippen LogP contribution in [0.4, 0.5) is 0 Å². The zero-order valence-electron chi connectivity index (χ0n) is 26.9. The van der Waals surface area contributed by atoms with E-state index in [0.29, 0.717) is 0 Å². The van der Waals surface area contributed by atoms with E-state index < -0.39 is 122 Å². The van der Waals surface area contributed by atoms with E-state index in [1.807, 2.05) is 0 Å². The van der Waals surface area contributed by atoms with Gasteiger partial charge in [-0.05, 0) is 0 Å². The summed E-state index contributed by atoms with van der Waals surface area (Å²) in [6.45, 7) is 7.06. The van der Waals surface area contributed by atoms with Gasteiger partial charge in [0.2, 0.25) is 6.29 Å². The number of hydrogen-bond donors (Lipinski definition) is 0. The Bertz CT molecular complexity index is 1200. The minimum absolute atomic E-state index is 0.587. The molecule has 0 amide bonds. The van der Waals surface area contributed by atoms with Crippen LogP contribution < -0.4 is 0 Å². The van der Waals surface area contributed by atoms with Gasteiger partial charge in [-0.3, -0.25) is 38.4 Å². The van der Waals surface area contributed by atoms with Crippen molar-refractivity contribution >= 4 is 47.8 Å². The van der Waals surface area contributed by atoms with E-state index in [1.54, 1.807) is 0 Å². The molecule has 2 heterocycles. The van der Waals surface area contributed by atoms with E-state index in [2.05, 4.69) is 0 Å². The molecule has 0 bridgehead atoms. The SMILES string of the molecule is CC(=O)OC[C@H]1O[C@H](OC(C)=O)[C@@H](OC(C)=O)[C@@H](O[C@H]2O[C@H](COC(C)=O)[C@@H](OC(C)=O)[C@H](OC(C)=O)[C@@H]2OC(C)=O)[C@H]1OC(C)=O. The summed E-state index contributed by atoms with van der Waals surface area (Å²) in [5.41, 5.74) is 0.